The zero-order valence-electron chi connectivity index (χ0n) is 21.2. The van der Waals surface area contributed by atoms with E-state index in [1.807, 2.05) is 32.9 Å². The molecule has 0 aliphatic rings. The standard InChI is InChI=1S/C16H26O.C4H10.C2H7N.C2H6.CH4O/c1-7-15(3,4)12-9-10-14(17)13(11-12)16(5,6)8-2;1-3-4-2;1-2-3;2*1-2/h9-11,17H,7-8H2,1-6H3;3-4H2,1-2H3;2-3H2,1H3;1-2H3;2H,1H3. The van der Waals surface area contributed by atoms with Gasteiger partial charge in [0.2, 0.25) is 0 Å². The van der Waals surface area contributed by atoms with Crippen LogP contribution in [0.5, 0.6) is 5.75 Å². The molecule has 0 saturated heterocycles. The summed E-state index contributed by atoms with van der Waals surface area (Å²) in [4.78, 5) is 0. The van der Waals surface area contributed by atoms with E-state index in [4.69, 9.17) is 10.8 Å². The van der Waals surface area contributed by atoms with Crippen molar-refractivity contribution in [3.8, 4) is 5.75 Å². The van der Waals surface area contributed by atoms with Crippen molar-refractivity contribution in [1.29, 1.82) is 0 Å². The molecule has 0 fully saturated rings. The van der Waals surface area contributed by atoms with E-state index in [2.05, 4.69) is 61.5 Å². The van der Waals surface area contributed by atoms with Crippen molar-refractivity contribution in [2.75, 3.05) is 13.7 Å². The summed E-state index contributed by atoms with van der Waals surface area (Å²) in [5.41, 5.74) is 7.43. The molecule has 0 saturated carbocycles. The Morgan fingerprint density at radius 3 is 1.43 bits per heavy atom. The SMILES string of the molecule is CC.CCC(C)(C)c1ccc(O)c(C(C)(C)CC)c1.CCCC.CCN.CO. The summed E-state index contributed by atoms with van der Waals surface area (Å²) >= 11 is 0. The number of hydrogen-bond acceptors (Lipinski definition) is 3. The summed E-state index contributed by atoms with van der Waals surface area (Å²) in [7, 11) is 1.00. The van der Waals surface area contributed by atoms with E-state index in [9.17, 15) is 5.11 Å². The van der Waals surface area contributed by atoms with Crippen molar-refractivity contribution < 1.29 is 10.2 Å². The molecular formula is C25H53NO2. The first kappa shape index (κ1) is 34.4. The molecule has 0 aliphatic heterocycles. The van der Waals surface area contributed by atoms with Crippen LogP contribution in [-0.2, 0) is 10.8 Å². The van der Waals surface area contributed by atoms with E-state index < -0.39 is 0 Å². The lowest BCUT2D eigenvalue weighted by Gasteiger charge is -2.29. The number of phenolic OH excluding ortho intramolecular Hbond substituents is 1. The summed E-state index contributed by atoms with van der Waals surface area (Å²) in [6.07, 6.45) is 4.76. The summed E-state index contributed by atoms with van der Waals surface area (Å²) < 4.78 is 0. The molecule has 1 aromatic carbocycles. The summed E-state index contributed by atoms with van der Waals surface area (Å²) in [5, 5.41) is 17.0. The minimum absolute atomic E-state index is 0.0317. The lowest BCUT2D eigenvalue weighted by atomic mass is 9.76. The molecule has 0 heterocycles. The highest BCUT2D eigenvalue weighted by atomic mass is 16.3. The molecule has 28 heavy (non-hydrogen) atoms. The Bertz CT molecular complexity index is 438. The number of rotatable bonds is 5. The van der Waals surface area contributed by atoms with Gasteiger partial charge in [0, 0.05) is 7.11 Å². The van der Waals surface area contributed by atoms with Gasteiger partial charge in [-0.3, -0.25) is 0 Å². The van der Waals surface area contributed by atoms with Crippen molar-refractivity contribution in [1.82, 2.24) is 0 Å². The average Bonchev–Trinajstić information content (AvgIpc) is 2.71. The Kier molecular flexibility index (Phi) is 25.4. The highest BCUT2D eigenvalue weighted by Crippen LogP contribution is 2.37. The van der Waals surface area contributed by atoms with Crippen molar-refractivity contribution in [2.45, 2.75) is 113 Å². The van der Waals surface area contributed by atoms with Gasteiger partial charge in [0.25, 0.3) is 0 Å². The maximum atomic E-state index is 10.0. The first-order valence-corrected chi connectivity index (χ1v) is 11.1. The molecule has 4 N–H and O–H groups in total. The van der Waals surface area contributed by atoms with E-state index in [-0.39, 0.29) is 10.8 Å². The van der Waals surface area contributed by atoms with E-state index in [1.165, 1.54) is 18.4 Å². The molecule has 1 aromatic rings. The fourth-order valence-corrected chi connectivity index (χ4v) is 1.89. The predicted molar refractivity (Wildman–Crippen MR) is 130 cm³/mol. The van der Waals surface area contributed by atoms with Gasteiger partial charge < -0.3 is 15.9 Å². The van der Waals surface area contributed by atoms with E-state index >= 15 is 0 Å². The second kappa shape index (κ2) is 20.7. The predicted octanol–water partition coefficient (Wildman–Crippen LogP) is 7.17. The highest BCUT2D eigenvalue weighted by Gasteiger charge is 2.25. The molecule has 170 valence electrons. The zero-order chi connectivity index (χ0) is 23.4. The maximum absolute atomic E-state index is 10.0. The van der Waals surface area contributed by atoms with Crippen LogP contribution < -0.4 is 5.73 Å². The van der Waals surface area contributed by atoms with Crippen molar-refractivity contribution in [2.24, 2.45) is 5.73 Å². The molecule has 1 rings (SSSR count). The summed E-state index contributed by atoms with van der Waals surface area (Å²) in [5.74, 6) is 0.424. The Hall–Kier alpha value is -1.06. The molecule has 3 heteroatoms. The normalized spacial score (nSPS) is 9.93. The van der Waals surface area contributed by atoms with Gasteiger partial charge in [0.1, 0.15) is 5.75 Å². The fourth-order valence-electron chi connectivity index (χ4n) is 1.89. The van der Waals surface area contributed by atoms with Crippen LogP contribution in [0.1, 0.15) is 113 Å². The van der Waals surface area contributed by atoms with Crippen LogP contribution in [0.2, 0.25) is 0 Å². The van der Waals surface area contributed by atoms with Crippen LogP contribution in [0.25, 0.3) is 0 Å². The smallest absolute Gasteiger partial charge is 0.119 e. The van der Waals surface area contributed by atoms with Gasteiger partial charge in [-0.2, -0.15) is 0 Å². The minimum Gasteiger partial charge on any atom is -0.508 e. The number of hydrogen-bond donors (Lipinski definition) is 3. The van der Waals surface area contributed by atoms with Crippen LogP contribution in [0.15, 0.2) is 18.2 Å². The van der Waals surface area contributed by atoms with Crippen LogP contribution >= 0.6 is 0 Å². The second-order valence-corrected chi connectivity index (χ2v) is 7.62. The van der Waals surface area contributed by atoms with Gasteiger partial charge in [0.05, 0.1) is 0 Å². The van der Waals surface area contributed by atoms with E-state index in [1.54, 1.807) is 0 Å². The van der Waals surface area contributed by atoms with Crippen molar-refractivity contribution >= 4 is 0 Å². The molecule has 0 aromatic heterocycles. The van der Waals surface area contributed by atoms with Crippen LogP contribution in [0, 0.1) is 0 Å². The maximum Gasteiger partial charge on any atom is 0.119 e. The lowest BCUT2D eigenvalue weighted by Crippen LogP contribution is -2.20. The average molecular weight is 400 g/mol. The van der Waals surface area contributed by atoms with Gasteiger partial charge >= 0.3 is 0 Å². The Balaban J connectivity index is -0.000000219. The third kappa shape index (κ3) is 14.9. The van der Waals surface area contributed by atoms with Gasteiger partial charge in [-0.15, -0.1) is 0 Å². The van der Waals surface area contributed by atoms with Crippen molar-refractivity contribution in [3.05, 3.63) is 29.3 Å². The Morgan fingerprint density at radius 2 is 1.14 bits per heavy atom. The molecule has 3 nitrogen and oxygen atoms in total. The topological polar surface area (TPSA) is 66.5 Å². The van der Waals surface area contributed by atoms with Crippen LogP contribution in [-0.4, -0.2) is 23.9 Å². The van der Waals surface area contributed by atoms with Crippen LogP contribution in [0.3, 0.4) is 0 Å². The van der Waals surface area contributed by atoms with E-state index in [0.717, 1.165) is 32.1 Å². The third-order valence-corrected chi connectivity index (χ3v) is 4.77. The van der Waals surface area contributed by atoms with Crippen LogP contribution in [0.4, 0.5) is 0 Å². The van der Waals surface area contributed by atoms with Gasteiger partial charge in [-0.05, 0) is 47.4 Å². The molecule has 0 unspecified atom stereocenters. The molecule has 0 radical (unpaired) electrons. The number of unbranched alkanes of at least 4 members (excludes halogenated alkanes) is 1. The van der Waals surface area contributed by atoms with Gasteiger partial charge in [0.15, 0.2) is 0 Å². The molecule has 0 amide bonds. The number of phenols is 1. The Labute approximate surface area is 177 Å². The summed E-state index contributed by atoms with van der Waals surface area (Å²) in [6, 6.07) is 6.08. The first-order chi connectivity index (χ1) is 13.1. The van der Waals surface area contributed by atoms with Crippen molar-refractivity contribution in [3.63, 3.8) is 0 Å². The summed E-state index contributed by atoms with van der Waals surface area (Å²) in [6.45, 7) is 24.3. The number of aliphatic hydroxyl groups is 1. The van der Waals surface area contributed by atoms with E-state index in [0.29, 0.717) is 5.75 Å². The monoisotopic (exact) mass is 399 g/mol. The fraction of sp³-hybridized carbons (Fsp3) is 0.760. The minimum atomic E-state index is 0.0317. The molecular weight excluding hydrogens is 346 g/mol. The highest BCUT2D eigenvalue weighted by molar-refractivity contribution is 5.43. The lowest BCUT2D eigenvalue weighted by molar-refractivity contribution is 0.399. The molecule has 0 atom stereocenters. The number of benzene rings is 1. The third-order valence-electron chi connectivity index (χ3n) is 4.77. The number of aromatic hydroxyl groups is 1. The van der Waals surface area contributed by atoms with Gasteiger partial charge in [-0.25, -0.2) is 0 Å². The largest absolute Gasteiger partial charge is 0.508 e. The Morgan fingerprint density at radius 1 is 0.786 bits per heavy atom. The molecule has 0 aliphatic carbocycles. The number of nitrogens with two attached hydrogens (primary N) is 1. The first-order valence-electron chi connectivity index (χ1n) is 11.1. The molecule has 0 bridgehead atoms. The molecule has 0 spiro atoms. The zero-order valence-corrected chi connectivity index (χ0v) is 21.2. The van der Waals surface area contributed by atoms with Gasteiger partial charge in [-0.1, -0.05) is 101 Å². The number of aliphatic hydroxyl groups excluding tert-OH is 1. The second-order valence-electron chi connectivity index (χ2n) is 7.62. The quantitative estimate of drug-likeness (QED) is 0.491.